The van der Waals surface area contributed by atoms with E-state index in [9.17, 15) is 13.5 Å². The van der Waals surface area contributed by atoms with Crippen LogP contribution in [0.5, 0.6) is 0 Å². The molecule has 144 valence electrons. The number of hydrogen-bond donors (Lipinski definition) is 3. The largest absolute Gasteiger partial charge is 0.393 e. The Balaban J connectivity index is 0.000000330. The zero-order valence-corrected chi connectivity index (χ0v) is 14.2. The van der Waals surface area contributed by atoms with Crippen molar-refractivity contribution in [2.24, 2.45) is 0 Å². The van der Waals surface area contributed by atoms with Crippen molar-refractivity contribution in [2.45, 2.75) is 30.4 Å². The van der Waals surface area contributed by atoms with Crippen molar-refractivity contribution in [1.82, 2.24) is 0 Å². The highest BCUT2D eigenvalue weighted by molar-refractivity contribution is 7.86. The highest BCUT2D eigenvalue weighted by Crippen LogP contribution is 2.20. The molecular formula is C16H26O8S. The van der Waals surface area contributed by atoms with Crippen LogP contribution in [0.15, 0.2) is 29.2 Å². The second-order valence-electron chi connectivity index (χ2n) is 6.12. The lowest BCUT2D eigenvalue weighted by Crippen LogP contribution is -2.53. The third kappa shape index (κ3) is 6.00. The molecule has 0 unspecified atom stereocenters. The Kier molecular flexibility index (Phi) is 7.51. The summed E-state index contributed by atoms with van der Waals surface area (Å²) in [5.41, 5.74) is -1.10. The van der Waals surface area contributed by atoms with Crippen LogP contribution >= 0.6 is 0 Å². The van der Waals surface area contributed by atoms with E-state index in [4.69, 9.17) is 19.1 Å². The fourth-order valence-corrected chi connectivity index (χ4v) is 2.79. The predicted molar refractivity (Wildman–Crippen MR) is 89.7 cm³/mol. The lowest BCUT2D eigenvalue weighted by molar-refractivity contribution is -0.196. The molecule has 2 fully saturated rings. The molecule has 0 aliphatic carbocycles. The van der Waals surface area contributed by atoms with E-state index in [2.05, 4.69) is 4.74 Å². The number of aryl methyl sites for hydroxylation is 1. The average Bonchev–Trinajstić information content (AvgIpc) is 2.50. The molecule has 0 radical (unpaired) electrons. The third-order valence-corrected chi connectivity index (χ3v) is 4.85. The number of aliphatic hydroxyl groups excluding tert-OH is 1. The number of aliphatic hydroxyl groups is 3. The SMILES string of the molecule is C.Cc1ccc(S(=O)(=O)OCC2(O)COC2)cc1.OCC1(O)COC1. The minimum Gasteiger partial charge on any atom is -0.393 e. The first-order valence-electron chi connectivity index (χ1n) is 7.35. The van der Waals surface area contributed by atoms with Crippen LogP contribution in [-0.2, 0) is 23.8 Å². The molecule has 25 heavy (non-hydrogen) atoms. The Morgan fingerprint density at radius 3 is 1.84 bits per heavy atom. The highest BCUT2D eigenvalue weighted by atomic mass is 32.2. The fourth-order valence-electron chi connectivity index (χ4n) is 1.81. The summed E-state index contributed by atoms with van der Waals surface area (Å²) in [4.78, 5) is 0.0898. The molecule has 0 bridgehead atoms. The van der Waals surface area contributed by atoms with Gasteiger partial charge in [-0.3, -0.25) is 4.18 Å². The Hall–Kier alpha value is -1.07. The van der Waals surface area contributed by atoms with Gasteiger partial charge < -0.3 is 24.8 Å². The van der Waals surface area contributed by atoms with E-state index in [0.717, 1.165) is 5.56 Å². The fraction of sp³-hybridized carbons (Fsp3) is 0.625. The lowest BCUT2D eigenvalue weighted by Gasteiger charge is -2.35. The van der Waals surface area contributed by atoms with Crippen LogP contribution in [0, 0.1) is 6.92 Å². The van der Waals surface area contributed by atoms with Crippen LogP contribution in [0.25, 0.3) is 0 Å². The first-order chi connectivity index (χ1) is 11.2. The van der Waals surface area contributed by atoms with Crippen LogP contribution in [-0.4, -0.2) is 74.6 Å². The van der Waals surface area contributed by atoms with E-state index >= 15 is 0 Å². The van der Waals surface area contributed by atoms with Crippen molar-refractivity contribution in [2.75, 3.05) is 39.6 Å². The number of hydrogen-bond acceptors (Lipinski definition) is 8. The summed E-state index contributed by atoms with van der Waals surface area (Å²) in [6, 6.07) is 6.34. The quantitative estimate of drug-likeness (QED) is 0.604. The van der Waals surface area contributed by atoms with E-state index in [1.807, 2.05) is 6.92 Å². The maximum Gasteiger partial charge on any atom is 0.297 e. The van der Waals surface area contributed by atoms with Crippen LogP contribution in [0.2, 0.25) is 0 Å². The van der Waals surface area contributed by atoms with Gasteiger partial charge in [-0.15, -0.1) is 0 Å². The monoisotopic (exact) mass is 378 g/mol. The molecule has 9 heteroatoms. The predicted octanol–water partition coefficient (Wildman–Crippen LogP) is -0.162. The molecule has 2 heterocycles. The molecule has 8 nitrogen and oxygen atoms in total. The molecule has 1 aromatic carbocycles. The molecule has 2 saturated heterocycles. The van der Waals surface area contributed by atoms with E-state index in [0.29, 0.717) is 0 Å². The van der Waals surface area contributed by atoms with E-state index in [1.165, 1.54) is 12.1 Å². The standard InChI is InChI=1S/C11H14O5S.C4H8O3.CH4/c1-9-2-4-10(5-3-9)17(13,14)16-8-11(12)6-15-7-11;5-1-4(6)2-7-3-4;/h2-5,12H,6-8H2,1H3;5-6H,1-3H2;1H4. The van der Waals surface area contributed by atoms with Crippen molar-refractivity contribution in [3.05, 3.63) is 29.8 Å². The maximum absolute atomic E-state index is 11.8. The van der Waals surface area contributed by atoms with Crippen LogP contribution in [0.3, 0.4) is 0 Å². The van der Waals surface area contributed by atoms with Gasteiger partial charge in [-0.25, -0.2) is 0 Å². The number of rotatable bonds is 5. The zero-order chi connectivity index (χ0) is 17.8. The molecule has 1 aromatic rings. The van der Waals surface area contributed by atoms with Crippen LogP contribution in [0.4, 0.5) is 0 Å². The van der Waals surface area contributed by atoms with Gasteiger partial charge in [0.15, 0.2) is 0 Å². The van der Waals surface area contributed by atoms with E-state index < -0.39 is 21.3 Å². The summed E-state index contributed by atoms with van der Waals surface area (Å²) in [5, 5.41) is 26.8. The molecule has 0 amide bonds. The molecule has 0 atom stereocenters. The summed E-state index contributed by atoms with van der Waals surface area (Å²) < 4.78 is 37.7. The molecule has 2 aliphatic rings. The molecule has 0 saturated carbocycles. The molecule has 0 spiro atoms. The van der Waals surface area contributed by atoms with Crippen molar-refractivity contribution in [3.63, 3.8) is 0 Å². The van der Waals surface area contributed by atoms with Crippen molar-refractivity contribution >= 4 is 10.1 Å². The second-order valence-corrected chi connectivity index (χ2v) is 7.74. The maximum atomic E-state index is 11.8. The summed E-state index contributed by atoms with van der Waals surface area (Å²) >= 11 is 0. The minimum absolute atomic E-state index is 0. The van der Waals surface area contributed by atoms with Gasteiger partial charge in [-0.2, -0.15) is 8.42 Å². The summed E-state index contributed by atoms with van der Waals surface area (Å²) in [6.07, 6.45) is 0. The van der Waals surface area contributed by atoms with Crippen molar-refractivity contribution < 1.29 is 37.4 Å². The second kappa shape index (κ2) is 8.54. The van der Waals surface area contributed by atoms with Gasteiger partial charge in [0.2, 0.25) is 0 Å². The Morgan fingerprint density at radius 2 is 1.52 bits per heavy atom. The Labute approximate surface area is 148 Å². The first-order valence-corrected chi connectivity index (χ1v) is 8.76. The smallest absolute Gasteiger partial charge is 0.297 e. The Morgan fingerprint density at radius 1 is 1.04 bits per heavy atom. The van der Waals surface area contributed by atoms with Gasteiger partial charge in [0.25, 0.3) is 10.1 Å². The first kappa shape index (κ1) is 22.0. The third-order valence-electron chi connectivity index (χ3n) is 3.57. The topological polar surface area (TPSA) is 123 Å². The molecule has 2 aliphatic heterocycles. The number of ether oxygens (including phenoxy) is 2. The molecule has 3 N–H and O–H groups in total. The van der Waals surface area contributed by atoms with Crippen molar-refractivity contribution in [3.8, 4) is 0 Å². The van der Waals surface area contributed by atoms with E-state index in [-0.39, 0.29) is 52.0 Å². The van der Waals surface area contributed by atoms with Gasteiger partial charge >= 0.3 is 0 Å². The summed E-state index contributed by atoms with van der Waals surface area (Å²) in [6.45, 7) is 2.18. The summed E-state index contributed by atoms with van der Waals surface area (Å²) in [7, 11) is -3.80. The van der Waals surface area contributed by atoms with Gasteiger partial charge in [-0.05, 0) is 19.1 Å². The molecule has 3 rings (SSSR count). The van der Waals surface area contributed by atoms with Gasteiger partial charge in [-0.1, -0.05) is 25.1 Å². The number of benzene rings is 1. The minimum atomic E-state index is -3.80. The molecule has 0 aromatic heterocycles. The Bertz CT molecular complexity index is 627. The highest BCUT2D eigenvalue weighted by Gasteiger charge is 2.38. The van der Waals surface area contributed by atoms with Crippen molar-refractivity contribution in [1.29, 1.82) is 0 Å². The van der Waals surface area contributed by atoms with Crippen LogP contribution < -0.4 is 0 Å². The van der Waals surface area contributed by atoms with Gasteiger partial charge in [0.1, 0.15) is 11.2 Å². The normalized spacial score (nSPS) is 20.2. The molecular weight excluding hydrogens is 352 g/mol. The van der Waals surface area contributed by atoms with Gasteiger partial charge in [0.05, 0.1) is 44.5 Å². The van der Waals surface area contributed by atoms with E-state index in [1.54, 1.807) is 12.1 Å². The zero-order valence-electron chi connectivity index (χ0n) is 13.3. The van der Waals surface area contributed by atoms with Crippen LogP contribution in [0.1, 0.15) is 13.0 Å². The average molecular weight is 378 g/mol. The van der Waals surface area contributed by atoms with Gasteiger partial charge in [0, 0.05) is 0 Å². The summed E-state index contributed by atoms with van der Waals surface area (Å²) in [5.74, 6) is 0. The lowest BCUT2D eigenvalue weighted by atomic mass is 10.1.